The molecule has 4 aromatic rings. The number of carbonyl (C=O) groups is 1. The average Bonchev–Trinajstić information content (AvgIpc) is 3.49. The van der Waals surface area contributed by atoms with Gasteiger partial charge in [-0.2, -0.15) is 0 Å². The molecule has 1 unspecified atom stereocenters. The molecule has 3 aliphatic rings. The van der Waals surface area contributed by atoms with Gasteiger partial charge in [-0.15, -0.1) is 0 Å². The summed E-state index contributed by atoms with van der Waals surface area (Å²) in [6.07, 6.45) is 5.22. The molecule has 1 amide bonds. The third-order valence-electron chi connectivity index (χ3n) is 8.58. The van der Waals surface area contributed by atoms with E-state index in [4.69, 9.17) is 4.74 Å². The number of nitrogens with zero attached hydrogens (tertiary/aromatic N) is 3. The molecule has 0 saturated heterocycles. The van der Waals surface area contributed by atoms with E-state index >= 15 is 4.39 Å². The standard InChI is InChI=1S/C34H28F3N3O3/c1-2-3-15-43-32-29(41)13-14-39-31(32)33(42)38(19-21-7-6-9-24(35)16-21)20-40(39)34-23(17-22-8-4-5-10-26(22)34)18-25-27(34)11-12-28(36)30(25)37/h4-14,16,18H,2-3,15,17,19-20H2,1H3. The number of benzene rings is 3. The highest BCUT2D eigenvalue weighted by Crippen LogP contribution is 2.56. The minimum Gasteiger partial charge on any atom is -0.487 e. The summed E-state index contributed by atoms with van der Waals surface area (Å²) in [5.74, 6) is -2.86. The van der Waals surface area contributed by atoms with Gasteiger partial charge in [0, 0.05) is 24.4 Å². The van der Waals surface area contributed by atoms with Crippen LogP contribution >= 0.6 is 0 Å². The predicted molar refractivity (Wildman–Crippen MR) is 156 cm³/mol. The van der Waals surface area contributed by atoms with Gasteiger partial charge < -0.3 is 9.64 Å². The summed E-state index contributed by atoms with van der Waals surface area (Å²) in [7, 11) is 0. The van der Waals surface area contributed by atoms with Crippen molar-refractivity contribution in [3.05, 3.63) is 140 Å². The molecular formula is C34H28F3N3O3. The number of carbonyl (C=O) groups excluding carboxylic acids is 1. The van der Waals surface area contributed by atoms with E-state index in [0.717, 1.165) is 29.2 Å². The third kappa shape index (κ3) is 4.01. The highest BCUT2D eigenvalue weighted by molar-refractivity contribution is 5.96. The van der Waals surface area contributed by atoms with Gasteiger partial charge in [-0.1, -0.05) is 55.8 Å². The Morgan fingerprint density at radius 2 is 1.79 bits per heavy atom. The Morgan fingerprint density at radius 1 is 0.953 bits per heavy atom. The van der Waals surface area contributed by atoms with E-state index in [2.05, 4.69) is 0 Å². The van der Waals surface area contributed by atoms with E-state index in [0.29, 0.717) is 24.0 Å². The van der Waals surface area contributed by atoms with E-state index in [1.54, 1.807) is 29.0 Å². The zero-order chi connectivity index (χ0) is 29.9. The lowest BCUT2D eigenvalue weighted by atomic mass is 9.83. The second-order valence-electron chi connectivity index (χ2n) is 11.1. The van der Waals surface area contributed by atoms with Crippen LogP contribution in [0.3, 0.4) is 0 Å². The molecular weight excluding hydrogens is 555 g/mol. The minimum absolute atomic E-state index is 0.00370. The van der Waals surface area contributed by atoms with Crippen LogP contribution in [0.4, 0.5) is 13.2 Å². The molecule has 3 aromatic carbocycles. The number of pyridine rings is 1. The zero-order valence-electron chi connectivity index (χ0n) is 23.4. The lowest BCUT2D eigenvalue weighted by Gasteiger charge is -2.49. The number of fused-ring (bicyclic) bond motifs is 6. The molecule has 218 valence electrons. The molecule has 6 nitrogen and oxygen atoms in total. The second kappa shape index (κ2) is 10.2. The normalized spacial score (nSPS) is 18.2. The van der Waals surface area contributed by atoms with Crippen molar-refractivity contribution < 1.29 is 22.7 Å². The Bertz CT molecular complexity index is 1880. The van der Waals surface area contributed by atoms with E-state index < -0.39 is 34.3 Å². The fourth-order valence-electron chi connectivity index (χ4n) is 6.70. The summed E-state index contributed by atoms with van der Waals surface area (Å²) in [6, 6.07) is 17.9. The molecule has 1 aliphatic heterocycles. The van der Waals surface area contributed by atoms with Gasteiger partial charge in [0.1, 0.15) is 18.0 Å². The summed E-state index contributed by atoms with van der Waals surface area (Å²) in [5.41, 5.74) is 2.41. The van der Waals surface area contributed by atoms with Crippen molar-refractivity contribution >= 4 is 12.0 Å². The number of rotatable bonds is 7. The van der Waals surface area contributed by atoms with Crippen LogP contribution < -0.4 is 15.2 Å². The van der Waals surface area contributed by atoms with Crippen LogP contribution in [-0.2, 0) is 18.5 Å². The lowest BCUT2D eigenvalue weighted by Crippen LogP contribution is -2.62. The summed E-state index contributed by atoms with van der Waals surface area (Å²) in [4.78, 5) is 28.9. The smallest absolute Gasteiger partial charge is 0.278 e. The Morgan fingerprint density at radius 3 is 2.60 bits per heavy atom. The Balaban J connectivity index is 1.48. The molecule has 0 fully saturated rings. The molecule has 0 radical (unpaired) electrons. The van der Waals surface area contributed by atoms with Crippen molar-refractivity contribution in [2.75, 3.05) is 18.3 Å². The molecule has 43 heavy (non-hydrogen) atoms. The molecule has 0 spiro atoms. The third-order valence-corrected chi connectivity index (χ3v) is 8.58. The first-order valence-electron chi connectivity index (χ1n) is 14.3. The second-order valence-corrected chi connectivity index (χ2v) is 11.1. The van der Waals surface area contributed by atoms with Crippen LogP contribution in [0.15, 0.2) is 83.3 Å². The molecule has 0 N–H and O–H groups in total. The number of unbranched alkanes of at least 4 members (excludes halogenated alkanes) is 1. The number of amides is 1. The molecule has 1 atom stereocenters. The van der Waals surface area contributed by atoms with Gasteiger partial charge in [0.15, 0.2) is 23.1 Å². The highest BCUT2D eigenvalue weighted by atomic mass is 19.2. The van der Waals surface area contributed by atoms with Gasteiger partial charge in [0.2, 0.25) is 5.43 Å². The van der Waals surface area contributed by atoms with Crippen LogP contribution in [0.1, 0.15) is 58.1 Å². The lowest BCUT2D eigenvalue weighted by molar-refractivity contribution is 0.0649. The summed E-state index contributed by atoms with van der Waals surface area (Å²) in [5, 5.41) is 1.91. The molecule has 1 aromatic heterocycles. The maximum absolute atomic E-state index is 15.4. The van der Waals surface area contributed by atoms with Crippen molar-refractivity contribution in [1.29, 1.82) is 0 Å². The molecule has 9 heteroatoms. The quantitative estimate of drug-likeness (QED) is 0.255. The van der Waals surface area contributed by atoms with Crippen LogP contribution in [0.2, 0.25) is 0 Å². The summed E-state index contributed by atoms with van der Waals surface area (Å²) in [6.45, 7) is 2.29. The first kappa shape index (κ1) is 27.1. The van der Waals surface area contributed by atoms with E-state index in [1.807, 2.05) is 36.2 Å². The van der Waals surface area contributed by atoms with Crippen molar-refractivity contribution in [3.8, 4) is 5.75 Å². The van der Waals surface area contributed by atoms with Gasteiger partial charge in [0.25, 0.3) is 5.91 Å². The van der Waals surface area contributed by atoms with E-state index in [-0.39, 0.29) is 36.8 Å². The van der Waals surface area contributed by atoms with E-state index in [9.17, 15) is 18.4 Å². The topological polar surface area (TPSA) is 54.8 Å². The number of aromatic nitrogens is 1. The molecule has 0 bridgehead atoms. The van der Waals surface area contributed by atoms with Crippen molar-refractivity contribution in [1.82, 2.24) is 9.58 Å². The monoisotopic (exact) mass is 583 g/mol. The fraction of sp³-hybridized carbons (Fsp3) is 0.235. The fourth-order valence-corrected chi connectivity index (χ4v) is 6.70. The van der Waals surface area contributed by atoms with Gasteiger partial charge >= 0.3 is 0 Å². The van der Waals surface area contributed by atoms with Crippen molar-refractivity contribution in [2.45, 2.75) is 38.3 Å². The zero-order valence-corrected chi connectivity index (χ0v) is 23.4. The number of hydrogen-bond donors (Lipinski definition) is 0. The van der Waals surface area contributed by atoms with Crippen LogP contribution in [0.25, 0.3) is 6.08 Å². The number of halogens is 3. The van der Waals surface area contributed by atoms with Gasteiger partial charge in [-0.05, 0) is 64.9 Å². The molecule has 2 heterocycles. The number of ether oxygens (including phenoxy) is 1. The van der Waals surface area contributed by atoms with Crippen LogP contribution in [0, 0.1) is 17.5 Å². The van der Waals surface area contributed by atoms with Gasteiger partial charge in [-0.25, -0.2) is 13.2 Å². The first-order chi connectivity index (χ1) is 20.8. The van der Waals surface area contributed by atoms with E-state index in [1.165, 1.54) is 29.3 Å². The number of hydrogen-bond acceptors (Lipinski definition) is 4. The Labute approximate surface area is 246 Å². The molecule has 0 saturated carbocycles. The summed E-state index contributed by atoms with van der Waals surface area (Å²) < 4.78 is 51.7. The minimum atomic E-state index is -1.12. The maximum atomic E-state index is 15.4. The molecule has 2 aliphatic carbocycles. The Hall–Kier alpha value is -4.79. The largest absolute Gasteiger partial charge is 0.487 e. The SMILES string of the molecule is CCCCOc1c2n(ccc1=O)N(C13C(=Cc4c1ccc(F)c4F)Cc1ccccc13)CN(Cc1cccc(F)c1)C2=O. The maximum Gasteiger partial charge on any atom is 0.278 e. The highest BCUT2D eigenvalue weighted by Gasteiger charge is 2.56. The van der Waals surface area contributed by atoms with Crippen molar-refractivity contribution in [3.63, 3.8) is 0 Å². The first-order valence-corrected chi connectivity index (χ1v) is 14.3. The van der Waals surface area contributed by atoms with Gasteiger partial charge in [-0.3, -0.25) is 19.3 Å². The summed E-state index contributed by atoms with van der Waals surface area (Å²) >= 11 is 0. The van der Waals surface area contributed by atoms with Crippen LogP contribution in [-0.4, -0.2) is 28.8 Å². The predicted octanol–water partition coefficient (Wildman–Crippen LogP) is 5.89. The Kier molecular flexibility index (Phi) is 6.41. The average molecular weight is 584 g/mol. The van der Waals surface area contributed by atoms with Crippen LogP contribution in [0.5, 0.6) is 5.75 Å². The van der Waals surface area contributed by atoms with Gasteiger partial charge in [0.05, 0.1) is 6.61 Å². The van der Waals surface area contributed by atoms with Crippen molar-refractivity contribution in [2.24, 2.45) is 0 Å². The molecule has 7 rings (SSSR count).